The van der Waals surface area contributed by atoms with Crippen molar-refractivity contribution in [2.45, 2.75) is 44.6 Å². The standard InChI is InChI=1S/C16H19BrClNO/c17-14-10-12(18)7-8-13(14)16(20)19-9-3-5-11-4-1-2-6-15(11)19/h7-8,10-11,15H,1-6,9H2. The minimum Gasteiger partial charge on any atom is -0.335 e. The van der Waals surface area contributed by atoms with Gasteiger partial charge in [-0.25, -0.2) is 0 Å². The van der Waals surface area contributed by atoms with Gasteiger partial charge in [-0.05, 0) is 65.7 Å². The number of amides is 1. The average molecular weight is 357 g/mol. The van der Waals surface area contributed by atoms with Gasteiger partial charge in [0, 0.05) is 22.1 Å². The SMILES string of the molecule is O=C(c1ccc(Cl)cc1Br)N1CCCC2CCCCC21. The summed E-state index contributed by atoms with van der Waals surface area (Å²) in [5.41, 5.74) is 0.737. The number of carbonyl (C=O) groups excluding carboxylic acids is 1. The third-order valence-corrected chi connectivity index (χ3v) is 5.56. The summed E-state index contributed by atoms with van der Waals surface area (Å²) in [5.74, 6) is 0.873. The van der Waals surface area contributed by atoms with Gasteiger partial charge in [-0.3, -0.25) is 4.79 Å². The lowest BCUT2D eigenvalue weighted by molar-refractivity contribution is 0.0390. The van der Waals surface area contributed by atoms with Crippen molar-refractivity contribution in [2.24, 2.45) is 5.92 Å². The van der Waals surface area contributed by atoms with Crippen molar-refractivity contribution in [1.29, 1.82) is 0 Å². The summed E-state index contributed by atoms with van der Waals surface area (Å²) in [7, 11) is 0. The van der Waals surface area contributed by atoms with E-state index >= 15 is 0 Å². The lowest BCUT2D eigenvalue weighted by Crippen LogP contribution is -2.49. The van der Waals surface area contributed by atoms with Gasteiger partial charge in [0.25, 0.3) is 5.91 Å². The summed E-state index contributed by atoms with van der Waals surface area (Å²) in [4.78, 5) is 15.0. The number of hydrogen-bond donors (Lipinski definition) is 0. The molecule has 1 aliphatic heterocycles. The van der Waals surface area contributed by atoms with Crippen LogP contribution < -0.4 is 0 Å². The molecule has 3 rings (SSSR count). The van der Waals surface area contributed by atoms with Gasteiger partial charge in [-0.15, -0.1) is 0 Å². The molecule has 0 bridgehead atoms. The second kappa shape index (κ2) is 6.07. The van der Waals surface area contributed by atoms with E-state index in [1.165, 1.54) is 32.1 Å². The fraction of sp³-hybridized carbons (Fsp3) is 0.562. The van der Waals surface area contributed by atoms with Crippen LogP contribution in [0.2, 0.25) is 5.02 Å². The predicted octanol–water partition coefficient (Wildman–Crippen LogP) is 4.90. The van der Waals surface area contributed by atoms with Crippen molar-refractivity contribution in [3.05, 3.63) is 33.3 Å². The molecular weight excluding hydrogens is 338 g/mol. The average Bonchev–Trinajstić information content (AvgIpc) is 2.46. The number of likely N-dealkylation sites (tertiary alicyclic amines) is 1. The Morgan fingerprint density at radius 3 is 2.75 bits per heavy atom. The smallest absolute Gasteiger partial charge is 0.255 e. The highest BCUT2D eigenvalue weighted by molar-refractivity contribution is 9.10. The first kappa shape index (κ1) is 14.4. The molecule has 2 aliphatic rings. The molecule has 2 nitrogen and oxygen atoms in total. The Hall–Kier alpha value is -0.540. The summed E-state index contributed by atoms with van der Waals surface area (Å²) >= 11 is 9.43. The summed E-state index contributed by atoms with van der Waals surface area (Å²) in [5, 5.41) is 0.655. The zero-order valence-electron chi connectivity index (χ0n) is 11.4. The quantitative estimate of drug-likeness (QED) is 0.701. The van der Waals surface area contributed by atoms with Gasteiger partial charge in [0.15, 0.2) is 0 Å². The van der Waals surface area contributed by atoms with Crippen LogP contribution >= 0.6 is 27.5 Å². The van der Waals surface area contributed by atoms with Crippen LogP contribution in [-0.4, -0.2) is 23.4 Å². The summed E-state index contributed by atoms with van der Waals surface area (Å²) in [6.45, 7) is 0.898. The molecule has 4 heteroatoms. The van der Waals surface area contributed by atoms with Gasteiger partial charge in [0.2, 0.25) is 0 Å². The number of carbonyl (C=O) groups is 1. The molecule has 1 heterocycles. The van der Waals surface area contributed by atoms with Gasteiger partial charge in [0.1, 0.15) is 0 Å². The number of hydrogen-bond acceptors (Lipinski definition) is 1. The van der Waals surface area contributed by atoms with E-state index in [2.05, 4.69) is 20.8 Å². The maximum atomic E-state index is 12.8. The number of halogens is 2. The Kier molecular flexibility index (Phi) is 4.37. The van der Waals surface area contributed by atoms with Gasteiger partial charge < -0.3 is 4.90 Å². The van der Waals surface area contributed by atoms with E-state index in [-0.39, 0.29) is 5.91 Å². The van der Waals surface area contributed by atoms with Gasteiger partial charge >= 0.3 is 0 Å². The Morgan fingerprint density at radius 2 is 1.95 bits per heavy atom. The number of benzene rings is 1. The first-order valence-corrected chi connectivity index (χ1v) is 8.60. The molecule has 0 N–H and O–H groups in total. The van der Waals surface area contributed by atoms with Crippen LogP contribution in [-0.2, 0) is 0 Å². The summed E-state index contributed by atoms with van der Waals surface area (Å²) in [6.07, 6.45) is 7.47. The lowest BCUT2D eigenvalue weighted by Gasteiger charge is -2.44. The van der Waals surface area contributed by atoms with E-state index in [0.717, 1.165) is 23.0 Å². The van der Waals surface area contributed by atoms with Gasteiger partial charge in [-0.1, -0.05) is 24.4 Å². The van der Waals surface area contributed by atoms with Gasteiger partial charge in [0.05, 0.1) is 5.56 Å². The minimum absolute atomic E-state index is 0.158. The Bertz CT molecular complexity index is 517. The molecule has 108 valence electrons. The van der Waals surface area contributed by atoms with E-state index < -0.39 is 0 Å². The Morgan fingerprint density at radius 1 is 1.20 bits per heavy atom. The van der Waals surface area contributed by atoms with Crippen molar-refractivity contribution < 1.29 is 4.79 Å². The van der Waals surface area contributed by atoms with Crippen LogP contribution in [0.15, 0.2) is 22.7 Å². The largest absolute Gasteiger partial charge is 0.335 e. The number of piperidine rings is 1. The maximum absolute atomic E-state index is 12.8. The molecule has 20 heavy (non-hydrogen) atoms. The number of fused-ring (bicyclic) bond motifs is 1. The van der Waals surface area contributed by atoms with Crippen molar-refractivity contribution in [3.63, 3.8) is 0 Å². The molecule has 2 fully saturated rings. The molecule has 1 saturated heterocycles. The van der Waals surface area contributed by atoms with Crippen LogP contribution in [0.1, 0.15) is 48.9 Å². The maximum Gasteiger partial charge on any atom is 0.255 e. The Labute approximate surface area is 133 Å². The minimum atomic E-state index is 0.158. The summed E-state index contributed by atoms with van der Waals surface area (Å²) < 4.78 is 0.799. The first-order chi connectivity index (χ1) is 9.66. The van der Waals surface area contributed by atoms with Crippen LogP contribution in [0.3, 0.4) is 0 Å². The second-order valence-corrected chi connectivity index (χ2v) is 7.17. The van der Waals surface area contributed by atoms with Crippen molar-refractivity contribution in [2.75, 3.05) is 6.54 Å². The molecule has 1 aromatic rings. The summed E-state index contributed by atoms with van der Waals surface area (Å²) in [6, 6.07) is 5.88. The van der Waals surface area contributed by atoms with E-state index in [9.17, 15) is 4.79 Å². The van der Waals surface area contributed by atoms with E-state index in [1.807, 2.05) is 6.07 Å². The molecule has 1 amide bonds. The third-order valence-electron chi connectivity index (χ3n) is 4.67. The van der Waals surface area contributed by atoms with Gasteiger partial charge in [-0.2, -0.15) is 0 Å². The number of rotatable bonds is 1. The fourth-order valence-corrected chi connectivity index (χ4v) is 4.55. The predicted molar refractivity (Wildman–Crippen MR) is 85.2 cm³/mol. The molecule has 2 unspecified atom stereocenters. The van der Waals surface area contributed by atoms with E-state index in [0.29, 0.717) is 17.0 Å². The molecule has 0 spiro atoms. The molecule has 1 saturated carbocycles. The molecule has 2 atom stereocenters. The molecule has 1 aliphatic carbocycles. The van der Waals surface area contributed by atoms with Crippen LogP contribution in [0.4, 0.5) is 0 Å². The van der Waals surface area contributed by atoms with Crippen LogP contribution in [0, 0.1) is 5.92 Å². The topological polar surface area (TPSA) is 20.3 Å². The Balaban J connectivity index is 1.85. The zero-order valence-corrected chi connectivity index (χ0v) is 13.8. The molecular formula is C16H19BrClNO. The normalized spacial score (nSPS) is 26.2. The molecule has 0 radical (unpaired) electrons. The highest BCUT2D eigenvalue weighted by atomic mass is 79.9. The highest BCUT2D eigenvalue weighted by Gasteiger charge is 2.36. The lowest BCUT2D eigenvalue weighted by atomic mass is 9.78. The third kappa shape index (κ3) is 2.75. The van der Waals surface area contributed by atoms with Crippen molar-refractivity contribution in [1.82, 2.24) is 4.90 Å². The van der Waals surface area contributed by atoms with Crippen molar-refractivity contribution >= 4 is 33.4 Å². The van der Waals surface area contributed by atoms with Crippen molar-refractivity contribution in [3.8, 4) is 0 Å². The first-order valence-electron chi connectivity index (χ1n) is 7.43. The highest BCUT2D eigenvalue weighted by Crippen LogP contribution is 2.36. The molecule has 1 aromatic carbocycles. The second-order valence-electron chi connectivity index (χ2n) is 5.88. The fourth-order valence-electron chi connectivity index (χ4n) is 3.69. The number of nitrogens with zero attached hydrogens (tertiary/aromatic N) is 1. The molecule has 0 aromatic heterocycles. The van der Waals surface area contributed by atoms with Crippen LogP contribution in [0.25, 0.3) is 0 Å². The monoisotopic (exact) mass is 355 g/mol. The zero-order chi connectivity index (χ0) is 14.1. The van der Waals surface area contributed by atoms with Crippen LogP contribution in [0.5, 0.6) is 0 Å². The van der Waals surface area contributed by atoms with E-state index in [1.54, 1.807) is 12.1 Å². The van der Waals surface area contributed by atoms with E-state index in [4.69, 9.17) is 11.6 Å².